The Morgan fingerprint density at radius 2 is 1.78 bits per heavy atom. The quantitative estimate of drug-likeness (QED) is 0.179. The smallest absolute Gasteiger partial charge is 0.314 e. The lowest BCUT2D eigenvalue weighted by atomic mass is 9.96. The van der Waals surface area contributed by atoms with Crippen LogP contribution in [0.3, 0.4) is 0 Å². The first-order valence-corrected chi connectivity index (χ1v) is 14.7. The summed E-state index contributed by atoms with van der Waals surface area (Å²) in [5.41, 5.74) is 5.98. The Bertz CT molecular complexity index is 1780. The molecule has 1 atom stereocenters. The predicted octanol–water partition coefficient (Wildman–Crippen LogP) is 5.74. The van der Waals surface area contributed by atoms with Crippen molar-refractivity contribution in [2.45, 2.75) is 26.7 Å². The van der Waals surface area contributed by atoms with Gasteiger partial charge in [-0.25, -0.2) is 0 Å². The number of fused-ring (bicyclic) bond motifs is 1. The summed E-state index contributed by atoms with van der Waals surface area (Å²) in [4.78, 5) is 15.6. The zero-order valence-electron chi connectivity index (χ0n) is 25.6. The van der Waals surface area contributed by atoms with E-state index in [0.29, 0.717) is 41.6 Å². The summed E-state index contributed by atoms with van der Waals surface area (Å²) in [7, 11) is 1.52. The molecule has 46 heavy (non-hydrogen) atoms. The van der Waals surface area contributed by atoms with Gasteiger partial charge in [-0.15, -0.1) is 0 Å². The summed E-state index contributed by atoms with van der Waals surface area (Å²) in [5.74, 6) is 0.508. The number of carboxylic acids is 1. The van der Waals surface area contributed by atoms with E-state index in [4.69, 9.17) is 23.7 Å². The maximum absolute atomic E-state index is 11.3. The summed E-state index contributed by atoms with van der Waals surface area (Å²) in [6, 6.07) is 24.7. The number of aliphatic hydroxyl groups excluding tert-OH is 1. The van der Waals surface area contributed by atoms with E-state index in [1.165, 1.54) is 13.3 Å². The van der Waals surface area contributed by atoms with Gasteiger partial charge in [-0.3, -0.25) is 9.79 Å². The van der Waals surface area contributed by atoms with Gasteiger partial charge in [0.25, 0.3) is 0 Å². The first kappa shape index (κ1) is 31.9. The molecule has 0 bridgehead atoms. The van der Waals surface area contributed by atoms with E-state index in [9.17, 15) is 20.3 Å². The Hall–Kier alpha value is -5.53. The van der Waals surface area contributed by atoms with Crippen LogP contribution in [0, 0.1) is 24.2 Å². The molecular formula is C36H34N2O8. The Morgan fingerprint density at radius 3 is 2.54 bits per heavy atom. The molecule has 1 aliphatic heterocycles. The number of carbonyl (C=O) groups is 1. The van der Waals surface area contributed by atoms with Crippen molar-refractivity contribution >= 4 is 12.2 Å². The number of nitriles is 1. The van der Waals surface area contributed by atoms with Crippen LogP contribution >= 0.6 is 0 Å². The maximum atomic E-state index is 11.3. The van der Waals surface area contributed by atoms with Gasteiger partial charge in [0.1, 0.15) is 49.6 Å². The van der Waals surface area contributed by atoms with Crippen molar-refractivity contribution in [2.24, 2.45) is 10.9 Å². The van der Waals surface area contributed by atoms with Crippen molar-refractivity contribution in [3.8, 4) is 45.9 Å². The first-order valence-electron chi connectivity index (χ1n) is 14.7. The van der Waals surface area contributed by atoms with Crippen LogP contribution in [0.5, 0.6) is 28.7 Å². The van der Waals surface area contributed by atoms with Gasteiger partial charge in [0, 0.05) is 18.3 Å². The van der Waals surface area contributed by atoms with Gasteiger partial charge >= 0.3 is 5.97 Å². The number of ether oxygens (including phenoxy) is 5. The SMILES string of the molecule is COc1cc(OCc2cccc(-c3ccc4c(c3)OCCO4)c2C)cc(OCc2cccc(C#N)c2)c1CN=CC(CO)C(=O)O. The molecule has 0 radical (unpaired) electrons. The summed E-state index contributed by atoms with van der Waals surface area (Å²) < 4.78 is 29.6. The number of aliphatic carboxylic acids is 1. The van der Waals surface area contributed by atoms with Crippen LogP contribution in [-0.4, -0.2) is 49.3 Å². The molecule has 10 heteroatoms. The molecule has 1 heterocycles. The molecule has 4 aromatic carbocycles. The lowest BCUT2D eigenvalue weighted by molar-refractivity contribution is -0.140. The lowest BCUT2D eigenvalue weighted by Crippen LogP contribution is -2.19. The van der Waals surface area contributed by atoms with E-state index in [1.807, 2.05) is 43.3 Å². The number of rotatable bonds is 13. The lowest BCUT2D eigenvalue weighted by Gasteiger charge is -2.20. The van der Waals surface area contributed by atoms with E-state index in [0.717, 1.165) is 39.3 Å². The standard InChI is InChI=1S/C36H34N2O8/c1-23-27(7-4-8-30(23)26-9-10-32-35(14-26)44-12-11-43-32)22-45-29-15-33(42-2)31(19-38-18-28(20-39)36(40)41)34(16-29)46-21-25-6-3-5-24(13-25)17-37/h3-10,13-16,18,28,39H,11-12,19-22H2,1-2H3,(H,40,41). The molecule has 0 saturated carbocycles. The topological polar surface area (TPSA) is 140 Å². The van der Waals surface area contributed by atoms with Crippen LogP contribution in [0.4, 0.5) is 0 Å². The second kappa shape index (κ2) is 15.0. The third-order valence-electron chi connectivity index (χ3n) is 7.55. The number of hydrogen-bond acceptors (Lipinski definition) is 9. The second-order valence-electron chi connectivity index (χ2n) is 10.6. The molecule has 0 saturated heterocycles. The van der Waals surface area contributed by atoms with Crippen LogP contribution in [0.15, 0.2) is 77.8 Å². The fourth-order valence-corrected chi connectivity index (χ4v) is 5.02. The second-order valence-corrected chi connectivity index (χ2v) is 10.6. The number of aliphatic imine (C=N–C) groups is 1. The van der Waals surface area contributed by atoms with Crippen molar-refractivity contribution in [1.82, 2.24) is 0 Å². The highest BCUT2D eigenvalue weighted by Crippen LogP contribution is 2.38. The Labute approximate surface area is 267 Å². The fourth-order valence-electron chi connectivity index (χ4n) is 5.02. The third-order valence-corrected chi connectivity index (χ3v) is 7.55. The van der Waals surface area contributed by atoms with Gasteiger partial charge in [-0.2, -0.15) is 5.26 Å². The summed E-state index contributed by atoms with van der Waals surface area (Å²) in [5, 5.41) is 27.9. The van der Waals surface area contributed by atoms with Crippen molar-refractivity contribution in [3.05, 3.63) is 101 Å². The predicted molar refractivity (Wildman–Crippen MR) is 171 cm³/mol. The molecular weight excluding hydrogens is 588 g/mol. The first-order chi connectivity index (χ1) is 22.4. The van der Waals surface area contributed by atoms with E-state index < -0.39 is 18.5 Å². The van der Waals surface area contributed by atoms with Crippen molar-refractivity contribution in [3.63, 3.8) is 0 Å². The number of benzene rings is 4. The highest BCUT2D eigenvalue weighted by atomic mass is 16.6. The van der Waals surface area contributed by atoms with Crippen molar-refractivity contribution < 1.29 is 38.7 Å². The molecule has 1 aliphatic rings. The highest BCUT2D eigenvalue weighted by Gasteiger charge is 2.18. The molecule has 236 valence electrons. The minimum absolute atomic E-state index is 0.0392. The van der Waals surface area contributed by atoms with Crippen molar-refractivity contribution in [1.29, 1.82) is 5.26 Å². The average molecular weight is 623 g/mol. The zero-order valence-corrected chi connectivity index (χ0v) is 25.6. The van der Waals surface area contributed by atoms with Crippen LogP contribution in [0.2, 0.25) is 0 Å². The number of aliphatic hydroxyl groups is 1. The minimum atomic E-state index is -1.18. The highest BCUT2D eigenvalue weighted by molar-refractivity contribution is 5.88. The van der Waals surface area contributed by atoms with Crippen LogP contribution in [0.25, 0.3) is 11.1 Å². The van der Waals surface area contributed by atoms with Gasteiger partial charge in [0.2, 0.25) is 0 Å². The van der Waals surface area contributed by atoms with E-state index in [-0.39, 0.29) is 19.8 Å². The minimum Gasteiger partial charge on any atom is -0.496 e. The summed E-state index contributed by atoms with van der Waals surface area (Å²) in [6.45, 7) is 2.99. The normalized spacial score (nSPS) is 12.7. The maximum Gasteiger partial charge on any atom is 0.314 e. The number of methoxy groups -OCH3 is 1. The molecule has 10 nitrogen and oxygen atoms in total. The Balaban J connectivity index is 1.40. The number of hydrogen-bond donors (Lipinski definition) is 2. The van der Waals surface area contributed by atoms with Gasteiger partial charge in [0.15, 0.2) is 11.5 Å². The monoisotopic (exact) mass is 622 g/mol. The number of carboxylic acid groups (broad SMARTS) is 1. The van der Waals surface area contributed by atoms with Gasteiger partial charge in [0.05, 0.1) is 37.5 Å². The van der Waals surface area contributed by atoms with Crippen LogP contribution in [0.1, 0.15) is 27.8 Å². The molecule has 2 N–H and O–H groups in total. The molecule has 4 aromatic rings. The number of nitrogens with zero attached hydrogens (tertiary/aromatic N) is 2. The van der Waals surface area contributed by atoms with Gasteiger partial charge in [-0.1, -0.05) is 36.4 Å². The zero-order chi connectivity index (χ0) is 32.5. The van der Waals surface area contributed by atoms with Crippen LogP contribution < -0.4 is 23.7 Å². The summed E-state index contributed by atoms with van der Waals surface area (Å²) in [6.07, 6.45) is 1.20. The fraction of sp³-hybridized carbons (Fsp3) is 0.250. The summed E-state index contributed by atoms with van der Waals surface area (Å²) >= 11 is 0. The van der Waals surface area contributed by atoms with Crippen molar-refractivity contribution in [2.75, 3.05) is 26.9 Å². The molecule has 0 fully saturated rings. The Morgan fingerprint density at radius 1 is 1.00 bits per heavy atom. The van der Waals surface area contributed by atoms with Crippen LogP contribution in [-0.2, 0) is 24.6 Å². The van der Waals surface area contributed by atoms with E-state index >= 15 is 0 Å². The van der Waals surface area contributed by atoms with E-state index in [1.54, 1.807) is 30.3 Å². The molecule has 1 unspecified atom stereocenters. The molecule has 5 rings (SSSR count). The third kappa shape index (κ3) is 7.57. The molecule has 0 aliphatic carbocycles. The molecule has 0 spiro atoms. The Kier molecular flexibility index (Phi) is 10.4. The van der Waals surface area contributed by atoms with Gasteiger partial charge < -0.3 is 33.9 Å². The van der Waals surface area contributed by atoms with Gasteiger partial charge in [-0.05, 0) is 59.0 Å². The molecule has 0 amide bonds. The largest absolute Gasteiger partial charge is 0.496 e. The molecule has 0 aromatic heterocycles. The average Bonchev–Trinajstić information content (AvgIpc) is 3.08. The van der Waals surface area contributed by atoms with E-state index in [2.05, 4.69) is 17.1 Å².